The first-order valence-corrected chi connectivity index (χ1v) is 9.16. The quantitative estimate of drug-likeness (QED) is 0.755. The molecule has 27 heavy (non-hydrogen) atoms. The van der Waals surface area contributed by atoms with Crippen LogP contribution >= 0.6 is 15.9 Å². The lowest BCUT2D eigenvalue weighted by Gasteiger charge is -2.35. The summed E-state index contributed by atoms with van der Waals surface area (Å²) in [7, 11) is 0. The Labute approximate surface area is 163 Å². The van der Waals surface area contributed by atoms with Gasteiger partial charge in [0.1, 0.15) is 11.3 Å². The molecule has 1 aliphatic rings. The Bertz CT molecular complexity index is 920. The van der Waals surface area contributed by atoms with Gasteiger partial charge in [0.2, 0.25) is 11.7 Å². The maximum Gasteiger partial charge on any atom is 0.286 e. The number of nitrogens with one attached hydrogen (secondary N) is 1. The second-order valence-corrected chi connectivity index (χ2v) is 8.59. The molecule has 6 nitrogen and oxygen atoms in total. The first-order chi connectivity index (χ1) is 12.4. The molecule has 1 fully saturated rings. The third kappa shape index (κ3) is 3.84. The van der Waals surface area contributed by atoms with Crippen LogP contribution in [0.3, 0.4) is 0 Å². The minimum atomic E-state index is -2.97. The topological polar surface area (TPSA) is 88.6 Å². The lowest BCUT2D eigenvalue weighted by Crippen LogP contribution is -2.49. The number of carbonyl (C=O) groups excluding carboxylic acids is 2. The van der Waals surface area contributed by atoms with Crippen molar-refractivity contribution in [3.05, 3.63) is 28.4 Å². The van der Waals surface area contributed by atoms with Gasteiger partial charge in [-0.3, -0.25) is 14.5 Å². The van der Waals surface area contributed by atoms with Crippen molar-refractivity contribution in [2.24, 2.45) is 5.73 Å². The number of hydrogen-bond donors (Lipinski definition) is 2. The van der Waals surface area contributed by atoms with E-state index in [2.05, 4.69) is 21.2 Å². The highest BCUT2D eigenvalue weighted by Crippen LogP contribution is 2.38. The van der Waals surface area contributed by atoms with Gasteiger partial charge < -0.3 is 15.5 Å². The van der Waals surface area contributed by atoms with E-state index in [9.17, 15) is 18.4 Å². The van der Waals surface area contributed by atoms with Crippen LogP contribution in [0.2, 0.25) is 0 Å². The Kier molecular flexibility index (Phi) is 4.80. The standard InChI is InChI=1S/C18H20BrF2N3O3/c1-17(2,3)24-8-18(20,21)7-11(24)16(26)23-13-10-6-9(19)4-5-12(10)27-14(13)15(22)25/h4-6,11H,7-8H2,1-3H3,(H2,22,25)(H,23,26)/t11-/m1/s1. The molecular formula is C18H20BrF2N3O3. The molecule has 3 rings (SSSR count). The number of benzene rings is 1. The van der Waals surface area contributed by atoms with Gasteiger partial charge in [-0.25, -0.2) is 8.78 Å². The van der Waals surface area contributed by atoms with Crippen LogP contribution in [0.5, 0.6) is 0 Å². The van der Waals surface area contributed by atoms with Crippen LogP contribution in [0.25, 0.3) is 11.0 Å². The number of halogens is 3. The Balaban J connectivity index is 1.99. The molecule has 1 atom stereocenters. The van der Waals surface area contributed by atoms with Crippen molar-refractivity contribution in [3.63, 3.8) is 0 Å². The average Bonchev–Trinajstić information content (AvgIpc) is 3.05. The summed E-state index contributed by atoms with van der Waals surface area (Å²) in [6.07, 6.45) is -0.596. The third-order valence-electron chi connectivity index (χ3n) is 4.56. The molecule has 1 aliphatic heterocycles. The Hall–Kier alpha value is -2.00. The van der Waals surface area contributed by atoms with Gasteiger partial charge in [0.25, 0.3) is 11.8 Å². The first kappa shape index (κ1) is 19.8. The van der Waals surface area contributed by atoms with Crippen molar-refractivity contribution >= 4 is 44.4 Å². The Morgan fingerprint density at radius 2 is 2.04 bits per heavy atom. The molecule has 2 aromatic rings. The summed E-state index contributed by atoms with van der Waals surface area (Å²) in [4.78, 5) is 26.1. The molecular weight excluding hydrogens is 424 g/mol. The van der Waals surface area contributed by atoms with E-state index in [-0.39, 0.29) is 11.4 Å². The minimum Gasteiger partial charge on any atom is -0.449 e. The number of primary amides is 1. The van der Waals surface area contributed by atoms with Crippen LogP contribution in [0.4, 0.5) is 14.5 Å². The molecule has 2 heterocycles. The van der Waals surface area contributed by atoms with E-state index < -0.39 is 42.3 Å². The molecule has 1 saturated heterocycles. The molecule has 2 amide bonds. The molecule has 0 aliphatic carbocycles. The fourth-order valence-corrected chi connectivity index (χ4v) is 3.69. The molecule has 0 bridgehead atoms. The lowest BCUT2D eigenvalue weighted by molar-refractivity contribution is -0.122. The summed E-state index contributed by atoms with van der Waals surface area (Å²) >= 11 is 3.32. The fraction of sp³-hybridized carbons (Fsp3) is 0.444. The molecule has 1 aromatic carbocycles. The van der Waals surface area contributed by atoms with Gasteiger partial charge in [-0.2, -0.15) is 0 Å². The summed E-state index contributed by atoms with van der Waals surface area (Å²) < 4.78 is 34.2. The van der Waals surface area contributed by atoms with Crippen molar-refractivity contribution in [1.29, 1.82) is 0 Å². The number of amides is 2. The van der Waals surface area contributed by atoms with Crippen LogP contribution < -0.4 is 11.1 Å². The number of fused-ring (bicyclic) bond motifs is 1. The van der Waals surface area contributed by atoms with E-state index >= 15 is 0 Å². The Morgan fingerprint density at radius 1 is 1.37 bits per heavy atom. The van der Waals surface area contributed by atoms with E-state index in [1.54, 1.807) is 39.0 Å². The number of likely N-dealkylation sites (tertiary alicyclic amines) is 1. The molecule has 1 aromatic heterocycles. The van der Waals surface area contributed by atoms with Crippen LogP contribution in [0.1, 0.15) is 37.7 Å². The number of furan rings is 1. The number of hydrogen-bond acceptors (Lipinski definition) is 4. The highest BCUT2D eigenvalue weighted by atomic mass is 79.9. The van der Waals surface area contributed by atoms with Crippen molar-refractivity contribution in [2.45, 2.75) is 44.7 Å². The normalized spacial score (nSPS) is 20.1. The van der Waals surface area contributed by atoms with E-state index in [1.165, 1.54) is 4.90 Å². The second-order valence-electron chi connectivity index (χ2n) is 7.67. The predicted molar refractivity (Wildman–Crippen MR) is 101 cm³/mol. The minimum absolute atomic E-state index is 0.0906. The van der Waals surface area contributed by atoms with Gasteiger partial charge in [-0.05, 0) is 39.0 Å². The fourth-order valence-electron chi connectivity index (χ4n) is 3.33. The van der Waals surface area contributed by atoms with E-state index in [4.69, 9.17) is 10.2 Å². The summed E-state index contributed by atoms with van der Waals surface area (Å²) in [6.45, 7) is 4.81. The predicted octanol–water partition coefficient (Wildman–Crippen LogP) is 3.74. The number of carbonyl (C=O) groups is 2. The van der Waals surface area contributed by atoms with E-state index in [0.717, 1.165) is 0 Å². The van der Waals surface area contributed by atoms with Gasteiger partial charge in [0, 0.05) is 21.8 Å². The molecule has 0 unspecified atom stereocenters. The number of nitrogens with two attached hydrogens (primary N) is 1. The highest BCUT2D eigenvalue weighted by molar-refractivity contribution is 9.10. The molecule has 0 saturated carbocycles. The molecule has 0 radical (unpaired) electrons. The Morgan fingerprint density at radius 3 is 2.63 bits per heavy atom. The number of rotatable bonds is 3. The SMILES string of the molecule is CC(C)(C)N1CC(F)(F)C[C@@H]1C(=O)Nc1c(C(N)=O)oc2ccc(Br)cc12. The maximum absolute atomic E-state index is 14.0. The van der Waals surface area contributed by atoms with Gasteiger partial charge in [0.05, 0.1) is 12.6 Å². The third-order valence-corrected chi connectivity index (χ3v) is 5.05. The van der Waals surface area contributed by atoms with Crippen LogP contribution in [-0.2, 0) is 4.79 Å². The van der Waals surface area contributed by atoms with Crippen LogP contribution in [-0.4, -0.2) is 40.8 Å². The van der Waals surface area contributed by atoms with Gasteiger partial charge in [-0.1, -0.05) is 15.9 Å². The van der Waals surface area contributed by atoms with Crippen molar-refractivity contribution in [2.75, 3.05) is 11.9 Å². The van der Waals surface area contributed by atoms with Gasteiger partial charge in [-0.15, -0.1) is 0 Å². The summed E-state index contributed by atoms with van der Waals surface area (Å²) in [5.74, 6) is -4.68. The zero-order valence-corrected chi connectivity index (χ0v) is 16.7. The lowest BCUT2D eigenvalue weighted by atomic mass is 10.0. The van der Waals surface area contributed by atoms with E-state index in [0.29, 0.717) is 15.4 Å². The number of anilines is 1. The summed E-state index contributed by atoms with van der Waals surface area (Å²) in [5.41, 5.74) is 5.17. The summed E-state index contributed by atoms with van der Waals surface area (Å²) in [6, 6.07) is 3.94. The van der Waals surface area contributed by atoms with Crippen LogP contribution in [0.15, 0.2) is 27.1 Å². The largest absolute Gasteiger partial charge is 0.449 e. The highest BCUT2D eigenvalue weighted by Gasteiger charge is 2.51. The number of nitrogens with zero attached hydrogens (tertiary/aromatic N) is 1. The second kappa shape index (κ2) is 6.56. The van der Waals surface area contributed by atoms with Crippen molar-refractivity contribution in [1.82, 2.24) is 4.90 Å². The molecule has 9 heteroatoms. The average molecular weight is 444 g/mol. The maximum atomic E-state index is 14.0. The van der Waals surface area contributed by atoms with Crippen molar-refractivity contribution in [3.8, 4) is 0 Å². The van der Waals surface area contributed by atoms with E-state index in [1.807, 2.05) is 0 Å². The summed E-state index contributed by atoms with van der Waals surface area (Å²) in [5, 5.41) is 3.05. The molecule has 3 N–H and O–H groups in total. The number of alkyl halides is 2. The zero-order valence-electron chi connectivity index (χ0n) is 15.1. The molecule has 0 spiro atoms. The van der Waals surface area contributed by atoms with Crippen molar-refractivity contribution < 1.29 is 22.8 Å². The molecule has 146 valence electrons. The smallest absolute Gasteiger partial charge is 0.286 e. The monoisotopic (exact) mass is 443 g/mol. The van der Waals surface area contributed by atoms with Crippen LogP contribution in [0, 0.1) is 0 Å². The first-order valence-electron chi connectivity index (χ1n) is 8.36. The van der Waals surface area contributed by atoms with Gasteiger partial charge in [0.15, 0.2) is 0 Å². The zero-order chi connectivity index (χ0) is 20.1. The van der Waals surface area contributed by atoms with Gasteiger partial charge >= 0.3 is 0 Å².